The highest BCUT2D eigenvalue weighted by Gasteiger charge is 2.20. The molecule has 1 atom stereocenters. The van der Waals surface area contributed by atoms with Gasteiger partial charge in [-0.3, -0.25) is 0 Å². The van der Waals surface area contributed by atoms with Crippen LogP contribution in [-0.4, -0.2) is 14.5 Å². The molecule has 0 fully saturated rings. The van der Waals surface area contributed by atoms with Crippen LogP contribution in [0, 0.1) is 25.1 Å². The van der Waals surface area contributed by atoms with Crippen molar-refractivity contribution in [2.24, 2.45) is 0 Å². The normalized spacial score (nSPS) is 13.0. The van der Waals surface area contributed by atoms with Crippen molar-refractivity contribution in [3.8, 4) is 12.3 Å². The van der Waals surface area contributed by atoms with Gasteiger partial charge in [-0.25, -0.2) is 17.5 Å². The largest absolute Gasteiger partial charge is 0.241 e. The summed E-state index contributed by atoms with van der Waals surface area (Å²) in [5.74, 6) is 1.84. The van der Waals surface area contributed by atoms with Crippen LogP contribution in [0.2, 0.25) is 0 Å². The topological polar surface area (TPSA) is 46.2 Å². The molecule has 0 aromatic heterocycles. The Kier molecular flexibility index (Phi) is 4.88. The van der Waals surface area contributed by atoms with Crippen LogP contribution in [0.15, 0.2) is 23.1 Å². The summed E-state index contributed by atoms with van der Waals surface area (Å²) in [5, 5.41) is 0. The summed E-state index contributed by atoms with van der Waals surface area (Å²) >= 11 is 0. The fraction of sp³-hybridized carbons (Fsp3) is 0.385. The van der Waals surface area contributed by atoms with E-state index >= 15 is 0 Å². The van der Waals surface area contributed by atoms with E-state index in [-0.39, 0.29) is 10.9 Å². The standard InChI is InChI=1S/C13H16FNO2S/c1-4-6-12(5-2)15-18(16,17)13-9-11(14)8-7-10(13)3/h1,7-9,12,15H,5-6H2,2-3H3. The molecule has 5 heteroatoms. The van der Waals surface area contributed by atoms with Gasteiger partial charge < -0.3 is 0 Å². The molecule has 0 aliphatic rings. The van der Waals surface area contributed by atoms with Crippen molar-refractivity contribution in [1.29, 1.82) is 0 Å². The smallest absolute Gasteiger partial charge is 0.207 e. The Morgan fingerprint density at radius 1 is 1.50 bits per heavy atom. The Morgan fingerprint density at radius 2 is 2.17 bits per heavy atom. The quantitative estimate of drug-likeness (QED) is 0.833. The van der Waals surface area contributed by atoms with Gasteiger partial charge in [-0.2, -0.15) is 0 Å². The van der Waals surface area contributed by atoms with Crippen LogP contribution in [0.4, 0.5) is 4.39 Å². The maximum Gasteiger partial charge on any atom is 0.241 e. The minimum atomic E-state index is -3.73. The summed E-state index contributed by atoms with van der Waals surface area (Å²) in [6.45, 7) is 3.46. The van der Waals surface area contributed by atoms with Crippen molar-refractivity contribution in [2.75, 3.05) is 0 Å². The molecule has 0 amide bonds. The van der Waals surface area contributed by atoms with E-state index < -0.39 is 15.8 Å². The Hall–Kier alpha value is -1.38. The second kappa shape index (κ2) is 5.98. The SMILES string of the molecule is C#CCC(CC)NS(=O)(=O)c1cc(F)ccc1C. The van der Waals surface area contributed by atoms with Gasteiger partial charge >= 0.3 is 0 Å². The van der Waals surface area contributed by atoms with Crippen molar-refractivity contribution in [3.63, 3.8) is 0 Å². The fourth-order valence-electron chi connectivity index (χ4n) is 1.56. The molecular formula is C13H16FNO2S. The number of hydrogen-bond donors (Lipinski definition) is 1. The van der Waals surface area contributed by atoms with Crippen molar-refractivity contribution >= 4 is 10.0 Å². The number of halogens is 1. The Balaban J connectivity index is 3.06. The minimum absolute atomic E-state index is 0.0435. The number of aryl methyl sites for hydroxylation is 1. The molecule has 1 aromatic carbocycles. The molecule has 0 bridgehead atoms. The lowest BCUT2D eigenvalue weighted by Crippen LogP contribution is -2.34. The van der Waals surface area contributed by atoms with Gasteiger partial charge in [0.25, 0.3) is 0 Å². The Bertz CT molecular complexity index is 561. The second-order valence-corrected chi connectivity index (χ2v) is 5.73. The van der Waals surface area contributed by atoms with Gasteiger partial charge in [0.2, 0.25) is 10.0 Å². The van der Waals surface area contributed by atoms with Crippen LogP contribution >= 0.6 is 0 Å². The highest BCUT2D eigenvalue weighted by atomic mass is 32.2. The Labute approximate surface area is 107 Å². The molecule has 0 heterocycles. The zero-order chi connectivity index (χ0) is 13.8. The molecule has 98 valence electrons. The minimum Gasteiger partial charge on any atom is -0.207 e. The van der Waals surface area contributed by atoms with E-state index in [0.29, 0.717) is 18.4 Å². The molecule has 18 heavy (non-hydrogen) atoms. The number of sulfonamides is 1. The maximum atomic E-state index is 13.1. The first-order valence-corrected chi connectivity index (χ1v) is 7.11. The third kappa shape index (κ3) is 3.56. The van der Waals surface area contributed by atoms with Crippen molar-refractivity contribution in [2.45, 2.75) is 37.6 Å². The predicted molar refractivity (Wildman–Crippen MR) is 69.0 cm³/mol. The summed E-state index contributed by atoms with van der Waals surface area (Å²) in [5.41, 5.74) is 0.500. The number of hydrogen-bond acceptors (Lipinski definition) is 2. The van der Waals surface area contributed by atoms with E-state index in [1.807, 2.05) is 6.92 Å². The molecule has 1 rings (SSSR count). The van der Waals surface area contributed by atoms with Crippen molar-refractivity contribution in [1.82, 2.24) is 4.72 Å². The number of terminal acetylenes is 1. The van der Waals surface area contributed by atoms with Crippen LogP contribution in [-0.2, 0) is 10.0 Å². The third-order valence-electron chi connectivity index (χ3n) is 2.62. The van der Waals surface area contributed by atoms with Gasteiger partial charge in [0.1, 0.15) is 5.82 Å². The summed E-state index contributed by atoms with van der Waals surface area (Å²) < 4.78 is 39.8. The highest BCUT2D eigenvalue weighted by molar-refractivity contribution is 7.89. The van der Waals surface area contributed by atoms with Crippen molar-refractivity contribution in [3.05, 3.63) is 29.6 Å². The van der Waals surface area contributed by atoms with Gasteiger partial charge in [0.15, 0.2) is 0 Å². The van der Waals surface area contributed by atoms with E-state index in [4.69, 9.17) is 6.42 Å². The highest BCUT2D eigenvalue weighted by Crippen LogP contribution is 2.17. The predicted octanol–water partition coefficient (Wildman–Crippen LogP) is 2.21. The summed E-state index contributed by atoms with van der Waals surface area (Å²) in [6.07, 6.45) is 6.06. The Morgan fingerprint density at radius 3 is 2.72 bits per heavy atom. The molecule has 0 aliphatic heterocycles. The second-order valence-electron chi connectivity index (χ2n) is 4.04. The lowest BCUT2D eigenvalue weighted by atomic mass is 10.2. The first-order valence-electron chi connectivity index (χ1n) is 5.62. The monoisotopic (exact) mass is 269 g/mol. The van der Waals surface area contributed by atoms with Gasteiger partial charge in [0.05, 0.1) is 4.90 Å². The van der Waals surface area contributed by atoms with Crippen LogP contribution in [0.1, 0.15) is 25.3 Å². The zero-order valence-electron chi connectivity index (χ0n) is 10.4. The van der Waals surface area contributed by atoms with Crippen LogP contribution in [0.25, 0.3) is 0 Å². The molecule has 1 N–H and O–H groups in total. The molecule has 0 saturated heterocycles. The van der Waals surface area contributed by atoms with E-state index in [2.05, 4.69) is 10.6 Å². The lowest BCUT2D eigenvalue weighted by molar-refractivity contribution is 0.541. The lowest BCUT2D eigenvalue weighted by Gasteiger charge is -2.15. The van der Waals surface area contributed by atoms with E-state index in [1.165, 1.54) is 12.1 Å². The van der Waals surface area contributed by atoms with E-state index in [0.717, 1.165) is 6.07 Å². The van der Waals surface area contributed by atoms with Crippen LogP contribution in [0.3, 0.4) is 0 Å². The summed E-state index contributed by atoms with van der Waals surface area (Å²) in [6, 6.07) is 3.35. The fourth-order valence-corrected chi connectivity index (χ4v) is 3.13. The number of benzene rings is 1. The van der Waals surface area contributed by atoms with Gasteiger partial charge in [-0.05, 0) is 31.0 Å². The molecule has 1 unspecified atom stereocenters. The summed E-state index contributed by atoms with van der Waals surface area (Å²) in [7, 11) is -3.73. The number of rotatable bonds is 5. The molecule has 0 spiro atoms. The first kappa shape index (κ1) is 14.7. The zero-order valence-corrected chi connectivity index (χ0v) is 11.2. The average molecular weight is 269 g/mol. The number of nitrogens with one attached hydrogen (secondary N) is 1. The molecule has 0 radical (unpaired) electrons. The van der Waals surface area contributed by atoms with Gasteiger partial charge in [0, 0.05) is 12.5 Å². The molecule has 0 aliphatic carbocycles. The van der Waals surface area contributed by atoms with E-state index in [9.17, 15) is 12.8 Å². The van der Waals surface area contributed by atoms with E-state index in [1.54, 1.807) is 6.92 Å². The third-order valence-corrected chi connectivity index (χ3v) is 4.28. The van der Waals surface area contributed by atoms with Gasteiger partial charge in [-0.1, -0.05) is 13.0 Å². The van der Waals surface area contributed by atoms with Gasteiger partial charge in [-0.15, -0.1) is 12.3 Å². The van der Waals surface area contributed by atoms with Crippen molar-refractivity contribution < 1.29 is 12.8 Å². The average Bonchev–Trinajstić information content (AvgIpc) is 2.31. The maximum absolute atomic E-state index is 13.1. The molecule has 3 nitrogen and oxygen atoms in total. The molecule has 0 saturated carbocycles. The molecule has 1 aromatic rings. The van der Waals surface area contributed by atoms with Crippen LogP contribution in [0.5, 0.6) is 0 Å². The molecular weight excluding hydrogens is 253 g/mol. The van der Waals surface area contributed by atoms with Crippen LogP contribution < -0.4 is 4.72 Å². The first-order chi connectivity index (χ1) is 8.40. The summed E-state index contributed by atoms with van der Waals surface area (Å²) in [4.78, 5) is -0.0435.